The van der Waals surface area contributed by atoms with Gasteiger partial charge in [-0.3, -0.25) is 21.5 Å². The van der Waals surface area contributed by atoms with Gasteiger partial charge >= 0.3 is 0 Å². The molecule has 0 saturated carbocycles. The molecule has 266 valence electrons. The van der Waals surface area contributed by atoms with Crippen LogP contribution in [0, 0.1) is 0 Å². The molecule has 0 aliphatic rings. The minimum atomic E-state index is 0. The summed E-state index contributed by atoms with van der Waals surface area (Å²) in [4.78, 5) is 13.9. The molecule has 0 saturated heterocycles. The molecular weight excluding hydrogens is 726 g/mol. The summed E-state index contributed by atoms with van der Waals surface area (Å²) in [6.07, 6.45) is 0. The van der Waals surface area contributed by atoms with Gasteiger partial charge in [0.1, 0.15) is 11.5 Å². The molecule has 0 aliphatic carbocycles. The number of amidine groups is 2. The number of aromatic amines is 4. The van der Waals surface area contributed by atoms with Crippen LogP contribution in [0.3, 0.4) is 0 Å². The normalized spacial score (nSPS) is 10.6. The summed E-state index contributed by atoms with van der Waals surface area (Å²) >= 11 is 0. The molecule has 7 rings (SSSR count). The Morgan fingerprint density at radius 3 is 1.24 bits per heavy atom. The molecule has 0 atom stereocenters. The first-order valence-corrected chi connectivity index (χ1v) is 15.9. The minimum absolute atomic E-state index is 0. The van der Waals surface area contributed by atoms with Crippen molar-refractivity contribution in [3.8, 4) is 45.4 Å². The third-order valence-corrected chi connectivity index (χ3v) is 8.11. The van der Waals surface area contributed by atoms with E-state index in [1.165, 1.54) is 0 Å². The van der Waals surface area contributed by atoms with Crippen LogP contribution in [0.4, 0.5) is 0 Å². The average molecular weight is 767 g/mol. The predicted molar refractivity (Wildman–Crippen MR) is 186 cm³/mol. The third kappa shape index (κ3) is 8.75. The van der Waals surface area contributed by atoms with E-state index in [2.05, 4.69) is 119 Å². The molecule has 0 spiro atoms. The summed E-state index contributed by atoms with van der Waals surface area (Å²) < 4.78 is 6.30. The van der Waals surface area contributed by atoms with E-state index < -0.39 is 0 Å². The Labute approximate surface area is 321 Å². The van der Waals surface area contributed by atoms with Crippen molar-refractivity contribution in [2.75, 3.05) is 0 Å². The van der Waals surface area contributed by atoms with Crippen molar-refractivity contribution in [1.82, 2.24) is 20.6 Å². The van der Waals surface area contributed by atoms with Crippen molar-refractivity contribution in [2.45, 2.75) is 39.8 Å². The van der Waals surface area contributed by atoms with Crippen LogP contribution in [0.5, 0.6) is 0 Å². The van der Waals surface area contributed by atoms with Crippen LogP contribution in [0.25, 0.3) is 67.5 Å². The fourth-order valence-corrected chi connectivity index (χ4v) is 5.78. The van der Waals surface area contributed by atoms with Crippen LogP contribution < -0.4 is 81.0 Å². The number of nitrogens with one attached hydrogen (secondary N) is 6. The van der Waals surface area contributed by atoms with Gasteiger partial charge in [-0.05, 0) is 88.4 Å². The van der Waals surface area contributed by atoms with Crippen LogP contribution in [-0.2, 0) is 0 Å². The number of furan rings is 1. The number of nitrogens with two attached hydrogens (primary N) is 2. The monoisotopic (exact) mass is 764 g/mol. The van der Waals surface area contributed by atoms with Gasteiger partial charge in [0.25, 0.3) is 23.3 Å². The van der Waals surface area contributed by atoms with E-state index in [9.17, 15) is 0 Å². The minimum Gasteiger partial charge on any atom is -1.00 e. The molecule has 9 nitrogen and oxygen atoms in total. The molecular formula is C38H40Cl4N8O. The lowest BCUT2D eigenvalue weighted by atomic mass is 10.1. The van der Waals surface area contributed by atoms with Crippen LogP contribution in [0.2, 0.25) is 0 Å². The zero-order valence-electron chi connectivity index (χ0n) is 28.5. The number of halogens is 4. The third-order valence-electron chi connectivity index (χ3n) is 8.11. The molecule has 0 amide bonds. The van der Waals surface area contributed by atoms with Crippen LogP contribution >= 0.6 is 0 Å². The lowest BCUT2D eigenvalue weighted by molar-refractivity contribution is -0.331. The first-order chi connectivity index (χ1) is 22.7. The number of H-pyrrole nitrogens is 4. The van der Waals surface area contributed by atoms with E-state index in [0.29, 0.717) is 11.7 Å². The van der Waals surface area contributed by atoms with Crippen molar-refractivity contribution in [3.63, 3.8) is 0 Å². The van der Waals surface area contributed by atoms with Crippen molar-refractivity contribution in [2.24, 2.45) is 0 Å². The number of aromatic nitrogens is 4. The molecule has 3 heterocycles. The van der Waals surface area contributed by atoms with Gasteiger partial charge in [0.15, 0.2) is 22.1 Å². The molecule has 3 aromatic heterocycles. The Kier molecular flexibility index (Phi) is 13.5. The van der Waals surface area contributed by atoms with Gasteiger partial charge in [0, 0.05) is 23.3 Å². The largest absolute Gasteiger partial charge is 1.00 e. The fourth-order valence-electron chi connectivity index (χ4n) is 5.78. The second-order valence-corrected chi connectivity index (χ2v) is 12.5. The first kappa shape index (κ1) is 40.6. The number of hydrogen-bond acceptors (Lipinski definition) is 1. The summed E-state index contributed by atoms with van der Waals surface area (Å²) in [6.45, 7) is 8.28. The van der Waals surface area contributed by atoms with E-state index in [1.807, 2.05) is 36.4 Å². The van der Waals surface area contributed by atoms with Gasteiger partial charge in [0.2, 0.25) is 0 Å². The highest BCUT2D eigenvalue weighted by atomic mass is 35.5. The summed E-state index contributed by atoms with van der Waals surface area (Å²) in [5.41, 5.74) is 10.0. The topological polar surface area (TPSA) is 148 Å². The van der Waals surface area contributed by atoms with Gasteiger partial charge in [0.05, 0.1) is 34.3 Å². The second-order valence-electron chi connectivity index (χ2n) is 12.5. The molecule has 13 heteroatoms. The Morgan fingerprint density at radius 1 is 0.529 bits per heavy atom. The summed E-state index contributed by atoms with van der Waals surface area (Å²) in [5, 5.41) is 19.0. The van der Waals surface area contributed by atoms with E-state index >= 15 is 0 Å². The lowest BCUT2D eigenvalue weighted by Crippen LogP contribution is -3.00. The lowest BCUT2D eigenvalue weighted by Gasteiger charge is -2.03. The summed E-state index contributed by atoms with van der Waals surface area (Å²) in [7, 11) is 0. The van der Waals surface area contributed by atoms with Crippen molar-refractivity contribution >= 4 is 33.7 Å². The zero-order chi connectivity index (χ0) is 32.7. The average Bonchev–Trinajstić information content (AvgIpc) is 3.82. The highest BCUT2D eigenvalue weighted by molar-refractivity contribution is 5.98. The molecule has 0 aliphatic heterocycles. The number of rotatable bonds is 8. The van der Waals surface area contributed by atoms with Gasteiger partial charge in [-0.1, -0.05) is 24.3 Å². The molecule has 10 N–H and O–H groups in total. The van der Waals surface area contributed by atoms with Gasteiger partial charge < -0.3 is 54.0 Å². The van der Waals surface area contributed by atoms with Crippen LogP contribution in [-0.4, -0.2) is 33.7 Å². The van der Waals surface area contributed by atoms with Crippen LogP contribution in [0.15, 0.2) is 101 Å². The maximum atomic E-state index is 6.30. The highest BCUT2D eigenvalue weighted by Gasteiger charge is 2.19. The molecule has 51 heavy (non-hydrogen) atoms. The SMILES string of the molecule is CC(C)NC(=[NH2+])c1ccc2[nH+]c(-c3ccc(-c4ccc(-c5ccc(-c6[nH]c7cc(C(=[NH2+])NC(C)C)ccc7[nH+]6)cc5)o4)cc3)[nH]c2c1.[Cl-].[Cl-].[Cl-].[Cl-]. The molecule has 7 aromatic rings. The Hall–Kier alpha value is -4.80. The standard InChI is InChI=1S/C38H36N8O.4ClH/c1-21(2)41-35(39)27-13-15-29-31(19-27)45-37(43-29)25-9-5-23(6-10-25)33-17-18-34(47-33)24-7-11-26(12-8-24)38-44-30-16-14-28(20-32(30)46-38)36(40)42-22(3)4;;;;/h5-22H,1-4H3,(H2,39,41)(H2,40,42)(H,43,45)(H,44,46);4*1H. The number of benzene rings is 4. The summed E-state index contributed by atoms with van der Waals surface area (Å²) in [5.74, 6) is 4.81. The Bertz CT molecular complexity index is 2100. The second kappa shape index (κ2) is 16.9. The number of fused-ring (bicyclic) bond motifs is 2. The zero-order valence-corrected chi connectivity index (χ0v) is 31.5. The van der Waals surface area contributed by atoms with Gasteiger partial charge in [-0.15, -0.1) is 0 Å². The van der Waals surface area contributed by atoms with E-state index in [0.717, 1.165) is 78.6 Å². The maximum absolute atomic E-state index is 6.30. The quantitative estimate of drug-likeness (QED) is 0.0675. The predicted octanol–water partition coefficient (Wildman–Crippen LogP) is -8.44. The van der Waals surface area contributed by atoms with Crippen LogP contribution in [0.1, 0.15) is 38.8 Å². The summed E-state index contributed by atoms with van der Waals surface area (Å²) in [6, 6.07) is 33.4. The first-order valence-electron chi connectivity index (χ1n) is 15.9. The smallest absolute Gasteiger partial charge is 0.285 e. The molecule has 0 fully saturated rings. The molecule has 0 radical (unpaired) electrons. The number of hydrogen-bond donors (Lipinski definition) is 6. The highest BCUT2D eigenvalue weighted by Crippen LogP contribution is 2.31. The molecule has 4 aromatic carbocycles. The Balaban J connectivity index is 0.00000176. The van der Waals surface area contributed by atoms with E-state index in [1.54, 1.807) is 0 Å². The van der Waals surface area contributed by atoms with Gasteiger partial charge in [-0.25, -0.2) is 19.9 Å². The number of imidazole rings is 2. The van der Waals surface area contributed by atoms with Crippen molar-refractivity contribution < 1.29 is 74.8 Å². The van der Waals surface area contributed by atoms with E-state index in [-0.39, 0.29) is 61.7 Å². The Morgan fingerprint density at radius 2 is 0.882 bits per heavy atom. The molecule has 0 unspecified atom stereocenters. The van der Waals surface area contributed by atoms with E-state index in [4.69, 9.17) is 15.2 Å². The maximum Gasteiger partial charge on any atom is 0.285 e. The van der Waals surface area contributed by atoms with Crippen molar-refractivity contribution in [3.05, 3.63) is 108 Å². The van der Waals surface area contributed by atoms with Gasteiger partial charge in [-0.2, -0.15) is 0 Å². The van der Waals surface area contributed by atoms with Crippen molar-refractivity contribution in [1.29, 1.82) is 0 Å². The molecule has 0 bridgehead atoms. The fraction of sp³-hybridized carbons (Fsp3) is 0.158.